The van der Waals surface area contributed by atoms with E-state index in [0.717, 1.165) is 24.3 Å². The first-order valence-electron chi connectivity index (χ1n) is 10.6. The molecule has 0 unspecified atom stereocenters. The number of hydrogen-bond donors (Lipinski definition) is 0. The van der Waals surface area contributed by atoms with Crippen LogP contribution in [-0.4, -0.2) is 26.3 Å². The molecule has 7 nitrogen and oxygen atoms in total. The van der Waals surface area contributed by atoms with E-state index in [-0.39, 0.29) is 35.4 Å². The lowest BCUT2D eigenvalue weighted by Gasteiger charge is -2.22. The minimum Gasteiger partial charge on any atom is -0.493 e. The van der Waals surface area contributed by atoms with Gasteiger partial charge in [-0.1, -0.05) is 24.3 Å². The second-order valence-electron chi connectivity index (χ2n) is 7.58. The normalized spacial score (nSPS) is 11.1. The first-order valence-corrected chi connectivity index (χ1v) is 12.0. The number of halogens is 1. The zero-order valence-corrected chi connectivity index (χ0v) is 19.6. The molecule has 0 bridgehead atoms. The van der Waals surface area contributed by atoms with Crippen molar-refractivity contribution in [2.75, 3.05) is 7.11 Å². The number of amides is 1. The van der Waals surface area contributed by atoms with Crippen LogP contribution in [0.4, 0.5) is 4.39 Å². The topological polar surface area (TPSA) is 86.0 Å². The Morgan fingerprint density at radius 3 is 2.31 bits per heavy atom. The Hall–Kier alpha value is -4.11. The molecule has 0 N–H and O–H groups in total. The van der Waals surface area contributed by atoms with Crippen molar-refractivity contribution in [1.82, 2.24) is 4.90 Å². The number of carbonyl (C=O) groups is 1. The van der Waals surface area contributed by atoms with Crippen LogP contribution in [0.15, 0.2) is 101 Å². The van der Waals surface area contributed by atoms with Crippen molar-refractivity contribution in [2.24, 2.45) is 0 Å². The highest BCUT2D eigenvalue weighted by Crippen LogP contribution is 2.31. The summed E-state index contributed by atoms with van der Waals surface area (Å²) < 4.78 is 54.7. The number of nitrogens with zero attached hydrogens (tertiary/aromatic N) is 1. The van der Waals surface area contributed by atoms with E-state index in [4.69, 9.17) is 13.3 Å². The highest BCUT2D eigenvalue weighted by Gasteiger charge is 2.22. The van der Waals surface area contributed by atoms with Gasteiger partial charge in [-0.05, 0) is 66.2 Å². The molecule has 4 rings (SSSR count). The maximum absolute atomic E-state index is 13.2. The Morgan fingerprint density at radius 1 is 0.914 bits per heavy atom. The van der Waals surface area contributed by atoms with Gasteiger partial charge in [-0.25, -0.2) is 4.39 Å². The molecule has 0 spiro atoms. The zero-order valence-electron chi connectivity index (χ0n) is 18.8. The van der Waals surface area contributed by atoms with Crippen molar-refractivity contribution in [3.63, 3.8) is 0 Å². The van der Waals surface area contributed by atoms with Gasteiger partial charge in [0.25, 0.3) is 5.91 Å². The lowest BCUT2D eigenvalue weighted by atomic mass is 10.1. The molecular weight excluding hydrogens is 473 g/mol. The van der Waals surface area contributed by atoms with E-state index in [2.05, 4.69) is 0 Å². The molecular formula is C26H22FNO6S. The molecule has 0 aliphatic heterocycles. The number of furan rings is 1. The third kappa shape index (κ3) is 5.88. The van der Waals surface area contributed by atoms with Crippen molar-refractivity contribution in [3.8, 4) is 11.5 Å². The van der Waals surface area contributed by atoms with Gasteiger partial charge in [-0.2, -0.15) is 8.42 Å². The standard InChI is InChI=1S/C26H22FNO6S/c1-32-24-14-9-19(16-25(24)34-35(30,31)23-12-10-21(27)11-13-23)17-28(18-22-8-5-15-33-22)26(29)20-6-3-2-4-7-20/h2-16H,17-18H2,1H3. The number of carbonyl (C=O) groups excluding carboxylic acids is 1. The van der Waals surface area contributed by atoms with Gasteiger partial charge in [0.15, 0.2) is 11.5 Å². The molecule has 0 saturated heterocycles. The third-order valence-corrected chi connectivity index (χ3v) is 6.39. The summed E-state index contributed by atoms with van der Waals surface area (Å²) in [5.74, 6) is -0.0634. The number of methoxy groups -OCH3 is 1. The monoisotopic (exact) mass is 495 g/mol. The number of rotatable bonds is 9. The Labute approximate surface area is 202 Å². The van der Waals surface area contributed by atoms with Crippen LogP contribution in [0, 0.1) is 5.82 Å². The molecule has 35 heavy (non-hydrogen) atoms. The van der Waals surface area contributed by atoms with Gasteiger partial charge in [0.1, 0.15) is 16.5 Å². The van der Waals surface area contributed by atoms with E-state index >= 15 is 0 Å². The van der Waals surface area contributed by atoms with Crippen LogP contribution in [0.2, 0.25) is 0 Å². The van der Waals surface area contributed by atoms with Crippen LogP contribution < -0.4 is 8.92 Å². The smallest absolute Gasteiger partial charge is 0.339 e. The van der Waals surface area contributed by atoms with Crippen molar-refractivity contribution in [1.29, 1.82) is 0 Å². The quantitative estimate of drug-likeness (QED) is 0.303. The molecule has 0 aliphatic carbocycles. The van der Waals surface area contributed by atoms with Crippen molar-refractivity contribution >= 4 is 16.0 Å². The van der Waals surface area contributed by atoms with Crippen LogP contribution >= 0.6 is 0 Å². The molecule has 180 valence electrons. The van der Waals surface area contributed by atoms with Crippen molar-refractivity contribution in [2.45, 2.75) is 18.0 Å². The molecule has 1 amide bonds. The fourth-order valence-corrected chi connectivity index (χ4v) is 4.36. The minimum absolute atomic E-state index is 0.0561. The van der Waals surface area contributed by atoms with Crippen LogP contribution in [0.5, 0.6) is 11.5 Å². The Balaban J connectivity index is 1.63. The summed E-state index contributed by atoms with van der Waals surface area (Å²) in [5, 5.41) is 0. The molecule has 0 fully saturated rings. The van der Waals surface area contributed by atoms with Crippen LogP contribution in [0.1, 0.15) is 21.7 Å². The molecule has 1 aromatic heterocycles. The molecule has 0 atom stereocenters. The van der Waals surface area contributed by atoms with E-state index in [1.54, 1.807) is 53.4 Å². The average Bonchev–Trinajstić information content (AvgIpc) is 3.37. The van der Waals surface area contributed by atoms with Gasteiger partial charge < -0.3 is 18.2 Å². The summed E-state index contributed by atoms with van der Waals surface area (Å²) >= 11 is 0. The number of hydrogen-bond acceptors (Lipinski definition) is 6. The highest BCUT2D eigenvalue weighted by molar-refractivity contribution is 7.87. The Bertz CT molecular complexity index is 1390. The number of ether oxygens (including phenoxy) is 1. The third-order valence-electron chi connectivity index (χ3n) is 5.14. The summed E-state index contributed by atoms with van der Waals surface area (Å²) in [6.45, 7) is 0.349. The SMILES string of the molecule is COc1ccc(CN(Cc2ccco2)C(=O)c2ccccc2)cc1OS(=O)(=O)c1ccc(F)cc1. The molecule has 1 heterocycles. The molecule has 9 heteroatoms. The Morgan fingerprint density at radius 2 is 1.66 bits per heavy atom. The maximum atomic E-state index is 13.2. The second kappa shape index (κ2) is 10.4. The van der Waals surface area contributed by atoms with E-state index in [9.17, 15) is 17.6 Å². The molecule has 0 radical (unpaired) electrons. The predicted molar refractivity (Wildman–Crippen MR) is 126 cm³/mol. The summed E-state index contributed by atoms with van der Waals surface area (Å²) in [6.07, 6.45) is 1.53. The summed E-state index contributed by atoms with van der Waals surface area (Å²) in [5.41, 5.74) is 1.11. The van der Waals surface area contributed by atoms with Crippen LogP contribution in [-0.2, 0) is 23.2 Å². The van der Waals surface area contributed by atoms with E-state index < -0.39 is 15.9 Å². The minimum atomic E-state index is -4.25. The van der Waals surface area contributed by atoms with Crippen molar-refractivity contribution < 1.29 is 30.9 Å². The molecule has 0 aliphatic rings. The Kier molecular flexibility index (Phi) is 7.17. The lowest BCUT2D eigenvalue weighted by Crippen LogP contribution is -2.30. The van der Waals surface area contributed by atoms with Crippen LogP contribution in [0.25, 0.3) is 0 Å². The number of benzene rings is 3. The van der Waals surface area contributed by atoms with Gasteiger partial charge >= 0.3 is 10.1 Å². The van der Waals surface area contributed by atoms with Gasteiger partial charge in [0.05, 0.1) is 19.9 Å². The fourth-order valence-electron chi connectivity index (χ4n) is 3.43. The highest BCUT2D eigenvalue weighted by atomic mass is 32.2. The molecule has 4 aromatic rings. The summed E-state index contributed by atoms with van der Waals surface area (Å²) in [7, 11) is -2.87. The first kappa shape index (κ1) is 24.0. The van der Waals surface area contributed by atoms with Crippen LogP contribution in [0.3, 0.4) is 0 Å². The van der Waals surface area contributed by atoms with Gasteiger partial charge in [0.2, 0.25) is 0 Å². The van der Waals surface area contributed by atoms with E-state index in [1.165, 1.54) is 19.4 Å². The average molecular weight is 496 g/mol. The molecule has 3 aromatic carbocycles. The van der Waals surface area contributed by atoms with Crippen molar-refractivity contribution in [3.05, 3.63) is 114 Å². The maximum Gasteiger partial charge on any atom is 0.339 e. The predicted octanol–water partition coefficient (Wildman–Crippen LogP) is 5.04. The van der Waals surface area contributed by atoms with Gasteiger partial charge in [0, 0.05) is 12.1 Å². The fraction of sp³-hybridized carbons (Fsp3) is 0.115. The summed E-state index contributed by atoms with van der Waals surface area (Å²) in [4.78, 5) is 14.6. The second-order valence-corrected chi connectivity index (χ2v) is 9.13. The van der Waals surface area contributed by atoms with Gasteiger partial charge in [-0.3, -0.25) is 4.79 Å². The lowest BCUT2D eigenvalue weighted by molar-refractivity contribution is 0.0717. The largest absolute Gasteiger partial charge is 0.493 e. The van der Waals surface area contributed by atoms with E-state index in [1.807, 2.05) is 6.07 Å². The zero-order chi connectivity index (χ0) is 24.8. The van der Waals surface area contributed by atoms with E-state index in [0.29, 0.717) is 16.9 Å². The first-order chi connectivity index (χ1) is 16.9. The summed E-state index contributed by atoms with van der Waals surface area (Å²) in [6, 6.07) is 21.4. The molecule has 0 saturated carbocycles. The van der Waals surface area contributed by atoms with Gasteiger partial charge in [-0.15, -0.1) is 0 Å².